The van der Waals surface area contributed by atoms with Crippen molar-refractivity contribution in [1.82, 2.24) is 0 Å². The van der Waals surface area contributed by atoms with Crippen LogP contribution in [0.2, 0.25) is 0 Å². The van der Waals surface area contributed by atoms with Crippen LogP contribution in [0.4, 0.5) is 0 Å². The van der Waals surface area contributed by atoms with Crippen LogP contribution in [0, 0.1) is 11.8 Å². The van der Waals surface area contributed by atoms with Gasteiger partial charge in [0.15, 0.2) is 0 Å². The first kappa shape index (κ1) is 10.3. The van der Waals surface area contributed by atoms with Crippen molar-refractivity contribution in [3.63, 3.8) is 0 Å². The van der Waals surface area contributed by atoms with Crippen LogP contribution in [0.1, 0.15) is 33.6 Å². The summed E-state index contributed by atoms with van der Waals surface area (Å²) in [7, 11) is 0. The van der Waals surface area contributed by atoms with Gasteiger partial charge in [-0.3, -0.25) is 0 Å². The SMILES string of the molecule is CCOC(=O)C1=C[C@@H](C(C)C)CC1. The van der Waals surface area contributed by atoms with Crippen molar-refractivity contribution in [1.29, 1.82) is 0 Å². The number of hydrogen-bond donors (Lipinski definition) is 0. The van der Waals surface area contributed by atoms with Crippen LogP contribution < -0.4 is 0 Å². The van der Waals surface area contributed by atoms with E-state index in [1.165, 1.54) is 0 Å². The molecule has 0 aromatic rings. The average molecular weight is 182 g/mol. The number of rotatable bonds is 3. The number of carbonyl (C=O) groups is 1. The third kappa shape index (κ3) is 2.58. The Morgan fingerprint density at radius 3 is 2.85 bits per heavy atom. The molecule has 1 rings (SSSR count). The maximum absolute atomic E-state index is 11.3. The summed E-state index contributed by atoms with van der Waals surface area (Å²) in [5, 5.41) is 0. The van der Waals surface area contributed by atoms with Gasteiger partial charge >= 0.3 is 5.97 Å². The molecule has 0 bridgehead atoms. The van der Waals surface area contributed by atoms with Crippen molar-refractivity contribution in [2.24, 2.45) is 11.8 Å². The van der Waals surface area contributed by atoms with Gasteiger partial charge in [0, 0.05) is 5.57 Å². The van der Waals surface area contributed by atoms with Crippen LogP contribution in [0.15, 0.2) is 11.6 Å². The van der Waals surface area contributed by atoms with E-state index in [2.05, 4.69) is 19.9 Å². The van der Waals surface area contributed by atoms with E-state index >= 15 is 0 Å². The molecule has 0 saturated carbocycles. The van der Waals surface area contributed by atoms with Crippen LogP contribution in [-0.4, -0.2) is 12.6 Å². The minimum atomic E-state index is -0.120. The van der Waals surface area contributed by atoms with Crippen LogP contribution in [0.5, 0.6) is 0 Å². The molecule has 0 aliphatic heterocycles. The molecule has 74 valence electrons. The number of esters is 1. The second-order valence-corrected chi connectivity index (χ2v) is 3.86. The normalized spacial score (nSPS) is 21.8. The Kier molecular flexibility index (Phi) is 3.52. The molecule has 2 heteroatoms. The fourth-order valence-electron chi connectivity index (χ4n) is 1.67. The van der Waals surface area contributed by atoms with Gasteiger partial charge in [-0.1, -0.05) is 19.9 Å². The van der Waals surface area contributed by atoms with E-state index in [1.807, 2.05) is 6.92 Å². The van der Waals surface area contributed by atoms with Gasteiger partial charge in [-0.05, 0) is 31.6 Å². The second kappa shape index (κ2) is 4.45. The zero-order valence-corrected chi connectivity index (χ0v) is 8.67. The Morgan fingerprint density at radius 1 is 1.69 bits per heavy atom. The highest BCUT2D eigenvalue weighted by molar-refractivity contribution is 5.88. The summed E-state index contributed by atoms with van der Waals surface area (Å²) >= 11 is 0. The zero-order chi connectivity index (χ0) is 9.84. The fourth-order valence-corrected chi connectivity index (χ4v) is 1.67. The number of ether oxygens (including phenoxy) is 1. The van der Waals surface area contributed by atoms with E-state index in [0.717, 1.165) is 18.4 Å². The Hall–Kier alpha value is -0.790. The van der Waals surface area contributed by atoms with Gasteiger partial charge in [0.2, 0.25) is 0 Å². The first-order valence-corrected chi connectivity index (χ1v) is 5.03. The van der Waals surface area contributed by atoms with E-state index in [1.54, 1.807) is 0 Å². The number of allylic oxidation sites excluding steroid dienone is 1. The lowest BCUT2D eigenvalue weighted by Gasteiger charge is -2.09. The largest absolute Gasteiger partial charge is 0.463 e. The molecule has 0 unspecified atom stereocenters. The minimum Gasteiger partial charge on any atom is -0.463 e. The lowest BCUT2D eigenvalue weighted by molar-refractivity contribution is -0.138. The average Bonchev–Trinajstić information content (AvgIpc) is 2.52. The quantitative estimate of drug-likeness (QED) is 0.627. The van der Waals surface area contributed by atoms with Crippen LogP contribution in [0.3, 0.4) is 0 Å². The molecule has 2 nitrogen and oxygen atoms in total. The number of carbonyl (C=O) groups excluding carboxylic acids is 1. The molecule has 13 heavy (non-hydrogen) atoms. The summed E-state index contributed by atoms with van der Waals surface area (Å²) in [4.78, 5) is 11.3. The fraction of sp³-hybridized carbons (Fsp3) is 0.727. The zero-order valence-electron chi connectivity index (χ0n) is 8.67. The summed E-state index contributed by atoms with van der Waals surface area (Å²) in [5.41, 5.74) is 0.876. The topological polar surface area (TPSA) is 26.3 Å². The van der Waals surface area contributed by atoms with E-state index in [9.17, 15) is 4.79 Å². The summed E-state index contributed by atoms with van der Waals surface area (Å²) < 4.78 is 4.95. The summed E-state index contributed by atoms with van der Waals surface area (Å²) in [5.74, 6) is 1.08. The molecule has 1 aliphatic rings. The van der Waals surface area contributed by atoms with Crippen molar-refractivity contribution in [3.05, 3.63) is 11.6 Å². The van der Waals surface area contributed by atoms with Crippen molar-refractivity contribution in [2.45, 2.75) is 33.6 Å². The molecule has 0 fully saturated rings. The predicted octanol–water partition coefficient (Wildman–Crippen LogP) is 2.54. The second-order valence-electron chi connectivity index (χ2n) is 3.86. The molecular formula is C11H18O2. The van der Waals surface area contributed by atoms with Crippen molar-refractivity contribution < 1.29 is 9.53 Å². The Bertz CT molecular complexity index is 216. The van der Waals surface area contributed by atoms with Crippen molar-refractivity contribution >= 4 is 5.97 Å². The van der Waals surface area contributed by atoms with Crippen molar-refractivity contribution in [3.8, 4) is 0 Å². The highest BCUT2D eigenvalue weighted by atomic mass is 16.5. The van der Waals surface area contributed by atoms with Crippen molar-refractivity contribution in [2.75, 3.05) is 6.61 Å². The summed E-state index contributed by atoms with van der Waals surface area (Å²) in [6.07, 6.45) is 4.08. The highest BCUT2D eigenvalue weighted by Gasteiger charge is 2.23. The van der Waals surface area contributed by atoms with E-state index in [4.69, 9.17) is 4.74 Å². The molecule has 1 atom stereocenters. The van der Waals surface area contributed by atoms with Gasteiger partial charge in [-0.15, -0.1) is 0 Å². The molecule has 0 aromatic carbocycles. The third-order valence-corrected chi connectivity index (χ3v) is 2.56. The molecule has 0 saturated heterocycles. The van der Waals surface area contributed by atoms with Gasteiger partial charge < -0.3 is 4.74 Å². The highest BCUT2D eigenvalue weighted by Crippen LogP contribution is 2.30. The molecule has 0 N–H and O–H groups in total. The maximum Gasteiger partial charge on any atom is 0.333 e. The van der Waals surface area contributed by atoms with Crippen LogP contribution in [-0.2, 0) is 9.53 Å². The van der Waals surface area contributed by atoms with E-state index in [0.29, 0.717) is 18.4 Å². The Labute approximate surface area is 80.0 Å². The predicted molar refractivity (Wildman–Crippen MR) is 52.3 cm³/mol. The molecule has 0 spiro atoms. The molecule has 0 radical (unpaired) electrons. The Balaban J connectivity index is 2.53. The lowest BCUT2D eigenvalue weighted by atomic mass is 9.96. The van der Waals surface area contributed by atoms with E-state index < -0.39 is 0 Å². The smallest absolute Gasteiger partial charge is 0.333 e. The summed E-state index contributed by atoms with van der Waals surface area (Å²) in [6.45, 7) is 6.69. The molecule has 0 aromatic heterocycles. The van der Waals surface area contributed by atoms with Gasteiger partial charge in [0.25, 0.3) is 0 Å². The van der Waals surface area contributed by atoms with Crippen LogP contribution in [0.25, 0.3) is 0 Å². The van der Waals surface area contributed by atoms with Gasteiger partial charge in [-0.25, -0.2) is 4.79 Å². The monoisotopic (exact) mass is 182 g/mol. The first-order chi connectivity index (χ1) is 6.15. The number of hydrogen-bond acceptors (Lipinski definition) is 2. The molecule has 0 amide bonds. The van der Waals surface area contributed by atoms with Crippen LogP contribution >= 0.6 is 0 Å². The minimum absolute atomic E-state index is 0.120. The lowest BCUT2D eigenvalue weighted by Crippen LogP contribution is -2.05. The van der Waals surface area contributed by atoms with E-state index in [-0.39, 0.29) is 5.97 Å². The molecule has 1 aliphatic carbocycles. The third-order valence-electron chi connectivity index (χ3n) is 2.56. The summed E-state index contributed by atoms with van der Waals surface area (Å²) in [6, 6.07) is 0. The molecular weight excluding hydrogens is 164 g/mol. The maximum atomic E-state index is 11.3. The van der Waals surface area contributed by atoms with Gasteiger partial charge in [0.1, 0.15) is 0 Å². The first-order valence-electron chi connectivity index (χ1n) is 5.03. The standard InChI is InChI=1S/C11H18O2/c1-4-13-11(12)10-6-5-9(7-10)8(2)3/h7-9H,4-6H2,1-3H3/t9-/m0/s1. The molecule has 0 heterocycles. The Morgan fingerprint density at radius 2 is 2.38 bits per heavy atom. The van der Waals surface area contributed by atoms with Gasteiger partial charge in [-0.2, -0.15) is 0 Å². The van der Waals surface area contributed by atoms with Gasteiger partial charge in [0.05, 0.1) is 6.61 Å².